The fourth-order valence-electron chi connectivity index (χ4n) is 2.59. The van der Waals surface area contributed by atoms with Gasteiger partial charge in [0, 0.05) is 5.38 Å². The first kappa shape index (κ1) is 14.7. The summed E-state index contributed by atoms with van der Waals surface area (Å²) >= 11 is 3.09. The van der Waals surface area contributed by atoms with Gasteiger partial charge in [0.25, 0.3) is 5.91 Å². The number of aliphatic hydroxyl groups excluding tert-OH is 1. The van der Waals surface area contributed by atoms with Gasteiger partial charge in [-0.1, -0.05) is 25.3 Å². The summed E-state index contributed by atoms with van der Waals surface area (Å²) in [6.07, 6.45) is 4.39. The normalized spacial score (nSPS) is 22.7. The molecule has 1 fully saturated rings. The Kier molecular flexibility index (Phi) is 4.67. The second-order valence-corrected chi connectivity index (χ2v) is 7.11. The van der Waals surface area contributed by atoms with Gasteiger partial charge in [0.1, 0.15) is 10.7 Å². The van der Waals surface area contributed by atoms with Gasteiger partial charge in [0.15, 0.2) is 0 Å². The predicted molar refractivity (Wildman–Crippen MR) is 85.8 cm³/mol. The van der Waals surface area contributed by atoms with Crippen molar-refractivity contribution >= 4 is 28.6 Å². The lowest BCUT2D eigenvalue weighted by Gasteiger charge is -2.21. The molecule has 0 bridgehead atoms. The number of nitrogens with one attached hydrogen (secondary N) is 1. The third-order valence-electron chi connectivity index (χ3n) is 3.76. The van der Waals surface area contributed by atoms with Crippen LogP contribution in [0.1, 0.15) is 42.6 Å². The Morgan fingerprint density at radius 1 is 1.29 bits per heavy atom. The number of carbonyl (C=O) groups excluding carboxylic acids is 1. The highest BCUT2D eigenvalue weighted by molar-refractivity contribution is 7.20. The molecule has 2 aromatic heterocycles. The minimum absolute atomic E-state index is 0.146. The molecule has 0 spiro atoms. The topological polar surface area (TPSA) is 62.2 Å². The maximum absolute atomic E-state index is 12.3. The third-order valence-corrected chi connectivity index (χ3v) is 5.65. The number of hydrogen-bond acceptors (Lipinski definition) is 5. The maximum atomic E-state index is 12.3. The van der Waals surface area contributed by atoms with Crippen molar-refractivity contribution in [3.8, 4) is 9.88 Å². The molecule has 3 rings (SSSR count). The third kappa shape index (κ3) is 3.51. The monoisotopic (exact) mass is 322 g/mol. The molecule has 6 heteroatoms. The number of aromatic nitrogens is 1. The van der Waals surface area contributed by atoms with Crippen LogP contribution in [0.2, 0.25) is 0 Å². The molecule has 21 heavy (non-hydrogen) atoms. The lowest BCUT2D eigenvalue weighted by Crippen LogP contribution is -2.42. The van der Waals surface area contributed by atoms with E-state index in [0.29, 0.717) is 5.69 Å². The quantitative estimate of drug-likeness (QED) is 0.852. The average molecular weight is 322 g/mol. The Labute approximate surface area is 131 Å². The molecule has 0 saturated heterocycles. The molecule has 2 N–H and O–H groups in total. The van der Waals surface area contributed by atoms with Crippen LogP contribution in [0, 0.1) is 0 Å². The summed E-state index contributed by atoms with van der Waals surface area (Å²) in [5, 5.41) is 17.7. The van der Waals surface area contributed by atoms with Crippen molar-refractivity contribution in [3.05, 3.63) is 28.6 Å². The van der Waals surface area contributed by atoms with Crippen molar-refractivity contribution in [2.75, 3.05) is 0 Å². The molecule has 2 heterocycles. The van der Waals surface area contributed by atoms with Crippen LogP contribution < -0.4 is 5.32 Å². The van der Waals surface area contributed by atoms with Gasteiger partial charge in [-0.3, -0.25) is 4.79 Å². The molecule has 2 unspecified atom stereocenters. The summed E-state index contributed by atoms with van der Waals surface area (Å²) in [6, 6.07) is 3.83. The second kappa shape index (κ2) is 6.68. The predicted octanol–water partition coefficient (Wildman–Crippen LogP) is 3.30. The Bertz CT molecular complexity index is 595. The summed E-state index contributed by atoms with van der Waals surface area (Å²) in [6.45, 7) is 0. The van der Waals surface area contributed by atoms with Gasteiger partial charge >= 0.3 is 0 Å². The first-order valence-corrected chi connectivity index (χ1v) is 8.98. The second-order valence-electron chi connectivity index (χ2n) is 5.30. The average Bonchev–Trinajstić information content (AvgIpc) is 3.12. The Balaban J connectivity index is 1.67. The number of thiophene rings is 1. The molecular weight excluding hydrogens is 304 g/mol. The first-order valence-electron chi connectivity index (χ1n) is 7.22. The fraction of sp³-hybridized carbons (Fsp3) is 0.467. The molecule has 1 saturated carbocycles. The van der Waals surface area contributed by atoms with Gasteiger partial charge in [-0.25, -0.2) is 4.98 Å². The van der Waals surface area contributed by atoms with E-state index in [2.05, 4.69) is 10.3 Å². The minimum atomic E-state index is -0.438. The van der Waals surface area contributed by atoms with Crippen LogP contribution in [0.3, 0.4) is 0 Å². The first-order chi connectivity index (χ1) is 10.2. The van der Waals surface area contributed by atoms with Crippen LogP contribution in [0.25, 0.3) is 9.88 Å². The van der Waals surface area contributed by atoms with Gasteiger partial charge in [-0.05, 0) is 24.3 Å². The van der Waals surface area contributed by atoms with E-state index in [4.69, 9.17) is 0 Å². The van der Waals surface area contributed by atoms with E-state index in [0.717, 1.165) is 42.0 Å². The highest BCUT2D eigenvalue weighted by Gasteiger charge is 2.24. The number of hydrogen-bond donors (Lipinski definition) is 2. The zero-order chi connectivity index (χ0) is 14.7. The number of aliphatic hydroxyl groups is 1. The Morgan fingerprint density at radius 3 is 2.95 bits per heavy atom. The van der Waals surface area contributed by atoms with Crippen molar-refractivity contribution in [1.29, 1.82) is 0 Å². The standard InChI is InChI=1S/C15H18N2O2S2/c18-12-6-3-1-2-5-10(12)16-14(19)11-9-21-15(17-11)13-7-4-8-20-13/h4,7-10,12,18H,1-3,5-6H2,(H,16,19). The van der Waals surface area contributed by atoms with Gasteiger partial charge in [-0.15, -0.1) is 22.7 Å². The lowest BCUT2D eigenvalue weighted by molar-refractivity contribution is 0.0815. The summed E-state index contributed by atoms with van der Waals surface area (Å²) < 4.78 is 0. The summed E-state index contributed by atoms with van der Waals surface area (Å²) in [4.78, 5) is 17.8. The van der Waals surface area contributed by atoms with Gasteiger partial charge in [-0.2, -0.15) is 0 Å². The molecule has 112 valence electrons. The molecule has 1 amide bonds. The number of carbonyl (C=O) groups is 1. The molecule has 4 nitrogen and oxygen atoms in total. The van der Waals surface area contributed by atoms with E-state index in [1.165, 1.54) is 11.3 Å². The molecule has 1 aliphatic carbocycles. The SMILES string of the molecule is O=C(NC1CCCCCC1O)c1csc(-c2cccs2)n1. The highest BCUT2D eigenvalue weighted by Crippen LogP contribution is 2.28. The number of amides is 1. The van der Waals surface area contributed by atoms with Gasteiger partial charge in [0.2, 0.25) is 0 Å². The van der Waals surface area contributed by atoms with Crippen molar-refractivity contribution in [3.63, 3.8) is 0 Å². The maximum Gasteiger partial charge on any atom is 0.271 e. The molecule has 0 aromatic carbocycles. The molecule has 0 aliphatic heterocycles. The van der Waals surface area contributed by atoms with Crippen LogP contribution in [0.4, 0.5) is 0 Å². The number of rotatable bonds is 3. The lowest BCUT2D eigenvalue weighted by atomic mass is 10.1. The van der Waals surface area contributed by atoms with Crippen LogP contribution >= 0.6 is 22.7 Å². The Hall–Kier alpha value is -1.24. The molecular formula is C15H18N2O2S2. The minimum Gasteiger partial charge on any atom is -0.391 e. The fourth-order valence-corrected chi connectivity index (χ4v) is 4.20. The van der Waals surface area contributed by atoms with Crippen LogP contribution in [-0.2, 0) is 0 Å². The smallest absolute Gasteiger partial charge is 0.271 e. The largest absolute Gasteiger partial charge is 0.391 e. The zero-order valence-corrected chi connectivity index (χ0v) is 13.3. The van der Waals surface area contributed by atoms with E-state index in [1.807, 2.05) is 17.5 Å². The van der Waals surface area contributed by atoms with Crippen molar-refractivity contribution in [1.82, 2.24) is 10.3 Å². The van der Waals surface area contributed by atoms with E-state index in [1.54, 1.807) is 16.7 Å². The molecule has 2 aromatic rings. The number of thiazole rings is 1. The van der Waals surface area contributed by atoms with Crippen LogP contribution in [-0.4, -0.2) is 28.1 Å². The summed E-state index contributed by atoms with van der Waals surface area (Å²) in [7, 11) is 0. The van der Waals surface area contributed by atoms with E-state index in [-0.39, 0.29) is 11.9 Å². The molecule has 0 radical (unpaired) electrons. The molecule has 1 aliphatic rings. The van der Waals surface area contributed by atoms with Gasteiger partial charge < -0.3 is 10.4 Å². The highest BCUT2D eigenvalue weighted by atomic mass is 32.1. The van der Waals surface area contributed by atoms with Crippen LogP contribution in [0.15, 0.2) is 22.9 Å². The number of nitrogens with zero attached hydrogens (tertiary/aromatic N) is 1. The van der Waals surface area contributed by atoms with Crippen molar-refractivity contribution in [2.45, 2.75) is 44.2 Å². The van der Waals surface area contributed by atoms with Crippen LogP contribution in [0.5, 0.6) is 0 Å². The summed E-state index contributed by atoms with van der Waals surface area (Å²) in [5.41, 5.74) is 0.444. The van der Waals surface area contributed by atoms with Crippen molar-refractivity contribution in [2.24, 2.45) is 0 Å². The van der Waals surface area contributed by atoms with Crippen molar-refractivity contribution < 1.29 is 9.90 Å². The van der Waals surface area contributed by atoms with Gasteiger partial charge in [0.05, 0.1) is 17.0 Å². The Morgan fingerprint density at radius 2 is 2.14 bits per heavy atom. The summed E-state index contributed by atoms with van der Waals surface area (Å²) in [5.74, 6) is -0.181. The van der Waals surface area contributed by atoms with E-state index >= 15 is 0 Å². The van der Waals surface area contributed by atoms with E-state index < -0.39 is 6.10 Å². The van der Waals surface area contributed by atoms with E-state index in [9.17, 15) is 9.90 Å². The molecule has 2 atom stereocenters. The zero-order valence-electron chi connectivity index (χ0n) is 11.6.